The van der Waals surface area contributed by atoms with Crippen molar-refractivity contribution in [3.8, 4) is 0 Å². The van der Waals surface area contributed by atoms with Crippen LogP contribution in [0.2, 0.25) is 0 Å². The van der Waals surface area contributed by atoms with Gasteiger partial charge in [-0.2, -0.15) is 18.3 Å². The fourth-order valence-electron chi connectivity index (χ4n) is 5.47. The summed E-state index contributed by atoms with van der Waals surface area (Å²) in [7, 11) is 0. The van der Waals surface area contributed by atoms with Crippen molar-refractivity contribution in [3.63, 3.8) is 0 Å². The van der Waals surface area contributed by atoms with Crippen LogP contribution in [-0.4, -0.2) is 27.5 Å². The van der Waals surface area contributed by atoms with Crippen LogP contribution in [0.15, 0.2) is 41.3 Å². The Morgan fingerprint density at radius 3 is 2.55 bits per heavy atom. The van der Waals surface area contributed by atoms with Crippen LogP contribution in [0.4, 0.5) is 24.7 Å². The van der Waals surface area contributed by atoms with Crippen molar-refractivity contribution in [1.29, 1.82) is 0 Å². The number of alkyl halides is 3. The van der Waals surface area contributed by atoms with Crippen LogP contribution in [0.5, 0.6) is 0 Å². The van der Waals surface area contributed by atoms with Crippen LogP contribution < -0.4 is 16.2 Å². The predicted molar refractivity (Wildman–Crippen MR) is 122 cm³/mol. The van der Waals surface area contributed by atoms with Crippen LogP contribution >= 0.6 is 0 Å². The number of aromatic nitrogens is 3. The van der Waals surface area contributed by atoms with Gasteiger partial charge < -0.3 is 10.3 Å². The average Bonchev–Trinajstić information content (AvgIpc) is 3.42. The molecule has 9 heteroatoms. The first kappa shape index (κ1) is 22.0. The van der Waals surface area contributed by atoms with Gasteiger partial charge in [-0.3, -0.25) is 14.8 Å². The zero-order valence-electron chi connectivity index (χ0n) is 18.5. The molecule has 1 aliphatic heterocycles. The van der Waals surface area contributed by atoms with Crippen molar-refractivity contribution in [1.82, 2.24) is 20.1 Å². The van der Waals surface area contributed by atoms with Crippen molar-refractivity contribution in [2.75, 3.05) is 11.9 Å². The molecule has 0 radical (unpaired) electrons. The molecule has 1 aromatic carbocycles. The molecule has 3 heterocycles. The summed E-state index contributed by atoms with van der Waals surface area (Å²) in [4.78, 5) is 15.4. The van der Waals surface area contributed by atoms with Gasteiger partial charge in [0.05, 0.1) is 11.6 Å². The van der Waals surface area contributed by atoms with Crippen molar-refractivity contribution in [3.05, 3.63) is 52.4 Å². The van der Waals surface area contributed by atoms with Gasteiger partial charge in [-0.25, -0.2) is 0 Å². The van der Waals surface area contributed by atoms with E-state index in [0.717, 1.165) is 24.8 Å². The molecule has 2 fully saturated rings. The molecule has 0 spiro atoms. The third-order valence-corrected chi connectivity index (χ3v) is 7.29. The number of rotatable bonds is 4. The smallest absolute Gasteiger partial charge is 0.338 e. The van der Waals surface area contributed by atoms with Crippen molar-refractivity contribution < 1.29 is 13.2 Å². The molecule has 2 aliphatic rings. The summed E-state index contributed by atoms with van der Waals surface area (Å²) in [5.74, 6) is 0.868. The number of nitrogens with one attached hydrogen (secondary N) is 3. The second-order valence-electron chi connectivity index (χ2n) is 9.33. The molecule has 3 atom stereocenters. The lowest BCUT2D eigenvalue weighted by Crippen LogP contribution is -2.49. The SMILES string of the molecule is C[C@H]1CCCC[C@@H]1n1nc(Nc2ccc(C3(C(F)(F)F)CCCN3)cc2)c2c(=O)[nH]ccc21. The maximum atomic E-state index is 13.8. The van der Waals surface area contributed by atoms with Gasteiger partial charge in [-0.05, 0) is 61.9 Å². The summed E-state index contributed by atoms with van der Waals surface area (Å²) < 4.78 is 43.5. The van der Waals surface area contributed by atoms with Gasteiger partial charge in [0.1, 0.15) is 10.9 Å². The molecular weight excluding hydrogens is 431 g/mol. The topological polar surface area (TPSA) is 74.7 Å². The van der Waals surface area contributed by atoms with Crippen LogP contribution in [-0.2, 0) is 5.54 Å². The Balaban J connectivity index is 1.49. The van der Waals surface area contributed by atoms with E-state index in [0.29, 0.717) is 35.8 Å². The molecule has 176 valence electrons. The highest BCUT2D eigenvalue weighted by atomic mass is 19.4. The van der Waals surface area contributed by atoms with Gasteiger partial charge in [0.15, 0.2) is 5.82 Å². The summed E-state index contributed by atoms with van der Waals surface area (Å²) in [6, 6.07) is 8.31. The molecule has 3 aromatic rings. The number of fused-ring (bicyclic) bond motifs is 1. The standard InChI is InChI=1S/C24H28F3N5O/c1-15-5-2-3-6-18(15)32-19-11-14-28-22(33)20(19)21(31-32)30-17-9-7-16(8-10-17)23(24(25,26)27)12-4-13-29-23/h7-11,14-15,18,29H,2-6,12-13H2,1H3,(H,28,33)(H,30,31)/t15-,18-,23?/m0/s1. The van der Waals surface area contributed by atoms with Crippen LogP contribution in [0.1, 0.15) is 57.1 Å². The molecule has 0 bridgehead atoms. The molecule has 0 amide bonds. The Kier molecular flexibility index (Phi) is 5.47. The van der Waals surface area contributed by atoms with Gasteiger partial charge in [0.2, 0.25) is 0 Å². The van der Waals surface area contributed by atoms with Gasteiger partial charge in [0, 0.05) is 11.9 Å². The number of benzene rings is 1. The Morgan fingerprint density at radius 1 is 1.12 bits per heavy atom. The summed E-state index contributed by atoms with van der Waals surface area (Å²) in [6.07, 6.45) is 2.19. The maximum Gasteiger partial charge on any atom is 0.410 e. The highest BCUT2D eigenvalue weighted by molar-refractivity contribution is 5.91. The first-order chi connectivity index (χ1) is 15.8. The molecular formula is C24H28F3N5O. The Morgan fingerprint density at radius 2 is 1.88 bits per heavy atom. The molecule has 5 rings (SSSR count). The lowest BCUT2D eigenvalue weighted by Gasteiger charge is -2.32. The molecule has 1 aliphatic carbocycles. The molecule has 1 saturated carbocycles. The third kappa shape index (κ3) is 3.72. The lowest BCUT2D eigenvalue weighted by molar-refractivity contribution is -0.196. The zero-order valence-corrected chi connectivity index (χ0v) is 18.5. The minimum Gasteiger partial charge on any atom is -0.338 e. The van der Waals surface area contributed by atoms with Gasteiger partial charge in [-0.1, -0.05) is 31.9 Å². The fourth-order valence-corrected chi connectivity index (χ4v) is 5.47. The van der Waals surface area contributed by atoms with Gasteiger partial charge in [0.25, 0.3) is 5.56 Å². The summed E-state index contributed by atoms with van der Waals surface area (Å²) in [6.45, 7) is 2.55. The van der Waals surface area contributed by atoms with Crippen molar-refractivity contribution in [2.45, 2.75) is 63.2 Å². The van der Waals surface area contributed by atoms with Crippen molar-refractivity contribution >= 4 is 22.4 Å². The number of aromatic amines is 1. The number of hydrogen-bond acceptors (Lipinski definition) is 4. The second-order valence-corrected chi connectivity index (χ2v) is 9.33. The largest absolute Gasteiger partial charge is 0.410 e. The normalized spacial score (nSPS) is 26.1. The number of H-pyrrole nitrogens is 1. The predicted octanol–water partition coefficient (Wildman–Crippen LogP) is 5.36. The molecule has 3 N–H and O–H groups in total. The van der Waals surface area contributed by atoms with E-state index in [2.05, 4.69) is 22.5 Å². The Hall–Kier alpha value is -2.81. The van der Waals surface area contributed by atoms with Crippen molar-refractivity contribution in [2.24, 2.45) is 5.92 Å². The van der Waals surface area contributed by atoms with E-state index in [1.54, 1.807) is 18.3 Å². The van der Waals surface area contributed by atoms with Crippen LogP contribution in [0.3, 0.4) is 0 Å². The Labute approximate surface area is 189 Å². The minimum absolute atomic E-state index is 0.0211. The zero-order chi connectivity index (χ0) is 23.2. The summed E-state index contributed by atoms with van der Waals surface area (Å²) >= 11 is 0. The number of hydrogen-bond donors (Lipinski definition) is 3. The molecule has 33 heavy (non-hydrogen) atoms. The van der Waals surface area contributed by atoms with Gasteiger partial charge >= 0.3 is 6.18 Å². The van der Waals surface area contributed by atoms with Gasteiger partial charge in [-0.15, -0.1) is 0 Å². The maximum absolute atomic E-state index is 13.8. The highest BCUT2D eigenvalue weighted by Gasteiger charge is 2.57. The molecule has 6 nitrogen and oxygen atoms in total. The average molecular weight is 460 g/mol. The van der Waals surface area contributed by atoms with E-state index in [1.807, 2.05) is 10.7 Å². The molecule has 1 unspecified atom stereocenters. The van der Waals surface area contributed by atoms with E-state index in [1.165, 1.54) is 18.6 Å². The second kappa shape index (κ2) is 8.20. The third-order valence-electron chi connectivity index (χ3n) is 7.29. The minimum atomic E-state index is -4.38. The number of anilines is 2. The van der Waals surface area contributed by atoms with Crippen LogP contribution in [0, 0.1) is 5.92 Å². The highest BCUT2D eigenvalue weighted by Crippen LogP contribution is 2.45. The first-order valence-electron chi connectivity index (χ1n) is 11.6. The summed E-state index contributed by atoms with van der Waals surface area (Å²) in [5, 5.41) is 11.1. The lowest BCUT2D eigenvalue weighted by atomic mass is 9.86. The molecule has 1 saturated heterocycles. The van der Waals surface area contributed by atoms with Crippen LogP contribution in [0.25, 0.3) is 10.9 Å². The monoisotopic (exact) mass is 459 g/mol. The summed E-state index contributed by atoms with van der Waals surface area (Å²) in [5.41, 5.74) is -0.702. The Bertz CT molecular complexity index is 1190. The number of pyridine rings is 1. The molecule has 2 aromatic heterocycles. The first-order valence-corrected chi connectivity index (χ1v) is 11.6. The van der Waals surface area contributed by atoms with E-state index < -0.39 is 11.7 Å². The number of nitrogens with zero attached hydrogens (tertiary/aromatic N) is 2. The van der Waals surface area contributed by atoms with E-state index >= 15 is 0 Å². The van der Waals surface area contributed by atoms with E-state index in [4.69, 9.17) is 5.10 Å². The van der Waals surface area contributed by atoms with E-state index in [-0.39, 0.29) is 23.6 Å². The fraction of sp³-hybridized carbons (Fsp3) is 0.500. The van der Waals surface area contributed by atoms with E-state index in [9.17, 15) is 18.0 Å². The number of halogens is 3. The quantitative estimate of drug-likeness (QED) is 0.491.